The molecule has 0 amide bonds. The zero-order chi connectivity index (χ0) is 43.2. The smallest absolute Gasteiger partial charge is 0.176 e. The van der Waals surface area contributed by atoms with Gasteiger partial charge in [0, 0.05) is 63.4 Å². The third-order valence-electron chi connectivity index (χ3n) is 11.5. The van der Waals surface area contributed by atoms with Gasteiger partial charge < -0.3 is 125 Å². The fourth-order valence-electron chi connectivity index (χ4n) is 7.93. The summed E-state index contributed by atoms with van der Waals surface area (Å²) in [4.78, 5) is 3.69. The molecule has 2 saturated heterocycles. The van der Waals surface area contributed by atoms with Gasteiger partial charge in [0.05, 0.1) is 49.7 Å². The van der Waals surface area contributed by atoms with E-state index < -0.39 is 134 Å². The second-order valence-electron chi connectivity index (χ2n) is 16.4. The number of hydrogen-bond donors (Lipinski definition) is 16. The van der Waals surface area contributed by atoms with E-state index in [0.29, 0.717) is 13.1 Å². The molecule has 0 bridgehead atoms. The molecule has 4 rings (SSSR count). The molecule has 0 aromatic rings. The Balaban J connectivity index is 1.23. The van der Waals surface area contributed by atoms with Crippen LogP contribution in [0.4, 0.5) is 0 Å². The topological polar surface area (TPSA) is 432 Å². The maximum atomic E-state index is 10.9. The van der Waals surface area contributed by atoms with E-state index in [9.17, 15) is 40.9 Å². The second kappa shape index (κ2) is 22.4. The summed E-state index contributed by atoms with van der Waals surface area (Å²) < 4.78 is 35.4. The third-order valence-corrected chi connectivity index (χ3v) is 11.5. The fraction of sp³-hybridized carbons (Fsp3) is 1.00. The van der Waals surface area contributed by atoms with Gasteiger partial charge in [0.1, 0.15) is 61.0 Å². The number of rotatable bonds is 19. The Bertz CT molecular complexity index is 1130. The Morgan fingerprint density at radius 1 is 0.534 bits per heavy atom. The Kier molecular flexibility index (Phi) is 19.2. The van der Waals surface area contributed by atoms with E-state index in [0.717, 1.165) is 0 Å². The molecule has 2 heterocycles. The van der Waals surface area contributed by atoms with Crippen molar-refractivity contribution in [2.24, 2.45) is 45.9 Å². The highest BCUT2D eigenvalue weighted by Crippen LogP contribution is 2.30. The van der Waals surface area contributed by atoms with E-state index in [2.05, 4.69) is 0 Å². The van der Waals surface area contributed by atoms with Gasteiger partial charge in [-0.15, -0.1) is 0 Å². The molecule has 0 spiro atoms. The molecule has 4 fully saturated rings. The highest BCUT2D eigenvalue weighted by molar-refractivity contribution is 5.02. The average Bonchev–Trinajstić information content (AvgIpc) is 3.17. The molecular weight excluding hydrogens is 772 g/mol. The first-order chi connectivity index (χ1) is 27.3. The number of ether oxygens (including phenoxy) is 6. The van der Waals surface area contributed by atoms with Crippen molar-refractivity contribution >= 4 is 0 Å². The maximum Gasteiger partial charge on any atom is 0.176 e. The van der Waals surface area contributed by atoms with Crippen molar-refractivity contribution in [2.75, 3.05) is 66.6 Å². The van der Waals surface area contributed by atoms with E-state index in [1.54, 1.807) is 14.1 Å². The van der Waals surface area contributed by atoms with Gasteiger partial charge in [0.25, 0.3) is 0 Å². The molecule has 342 valence electrons. The van der Waals surface area contributed by atoms with E-state index in [-0.39, 0.29) is 52.2 Å². The minimum Gasteiger partial charge on any atom is -0.389 e. The lowest BCUT2D eigenvalue weighted by atomic mass is 9.84. The maximum absolute atomic E-state index is 10.9. The third kappa shape index (κ3) is 12.4. The SMILES string of the molecule is CN(CCN(C)C[C@@H](O)COC1C(O)C(N)CC(N)C1OC1OC(CN)C(O)C(O)C1N)C[C@@H](O)COC1C(O)C(N)CC(N)C1OC1OC(CN)C(O)C(O)C1N. The summed E-state index contributed by atoms with van der Waals surface area (Å²) in [6.45, 7) is 0.605. The first-order valence-corrected chi connectivity index (χ1v) is 19.9. The molecule has 20 unspecified atom stereocenters. The highest BCUT2D eigenvalue weighted by atomic mass is 16.7. The van der Waals surface area contributed by atoms with E-state index in [1.165, 1.54) is 0 Å². The molecule has 24 heteroatoms. The van der Waals surface area contributed by atoms with Gasteiger partial charge in [0.15, 0.2) is 12.6 Å². The molecule has 4 aliphatic rings. The largest absolute Gasteiger partial charge is 0.389 e. The molecule has 24 N–H and O–H groups in total. The van der Waals surface area contributed by atoms with Crippen LogP contribution in [0.3, 0.4) is 0 Å². The monoisotopic (exact) mass is 845 g/mol. The minimum atomic E-state index is -1.39. The Morgan fingerprint density at radius 2 is 0.879 bits per heavy atom. The molecule has 0 aromatic carbocycles. The first-order valence-electron chi connectivity index (χ1n) is 19.9. The number of likely N-dealkylation sites (N-methyl/N-ethyl adjacent to an activating group) is 2. The van der Waals surface area contributed by atoms with Crippen LogP contribution in [0.1, 0.15) is 12.8 Å². The van der Waals surface area contributed by atoms with E-state index >= 15 is 0 Å². The predicted octanol–water partition coefficient (Wildman–Crippen LogP) is -10.6. The Labute approximate surface area is 338 Å². The summed E-state index contributed by atoms with van der Waals surface area (Å²) in [6.07, 6.45) is -18.1. The summed E-state index contributed by atoms with van der Waals surface area (Å²) in [5.74, 6) is 0. The molecule has 0 aromatic heterocycles. The normalized spacial score (nSPS) is 45.1. The van der Waals surface area contributed by atoms with Crippen LogP contribution in [-0.2, 0) is 28.4 Å². The van der Waals surface area contributed by atoms with Crippen LogP contribution in [-0.4, -0.2) is 252 Å². The second-order valence-corrected chi connectivity index (χ2v) is 16.4. The van der Waals surface area contributed by atoms with Gasteiger partial charge in [0.2, 0.25) is 0 Å². The molecule has 2 saturated carbocycles. The summed E-state index contributed by atoms with van der Waals surface area (Å²) in [7, 11) is 3.57. The van der Waals surface area contributed by atoms with Gasteiger partial charge in [-0.05, 0) is 26.9 Å². The van der Waals surface area contributed by atoms with Crippen molar-refractivity contribution in [3.8, 4) is 0 Å². The van der Waals surface area contributed by atoms with Crippen LogP contribution in [0.25, 0.3) is 0 Å². The van der Waals surface area contributed by atoms with Crippen molar-refractivity contribution in [3.63, 3.8) is 0 Å². The van der Waals surface area contributed by atoms with Crippen molar-refractivity contribution in [2.45, 2.75) is 147 Å². The predicted molar refractivity (Wildman–Crippen MR) is 205 cm³/mol. The zero-order valence-corrected chi connectivity index (χ0v) is 33.3. The van der Waals surface area contributed by atoms with E-state index in [4.69, 9.17) is 74.3 Å². The first kappa shape index (κ1) is 49.7. The minimum absolute atomic E-state index is 0.113. The lowest BCUT2D eigenvalue weighted by Crippen LogP contribution is -2.68. The quantitative estimate of drug-likeness (QED) is 0.0574. The van der Waals surface area contributed by atoms with Gasteiger partial charge in [-0.1, -0.05) is 0 Å². The molecular formula is C34H72N10O14. The van der Waals surface area contributed by atoms with Crippen molar-refractivity contribution in [1.29, 1.82) is 0 Å². The number of aliphatic hydroxyl groups excluding tert-OH is 8. The van der Waals surface area contributed by atoms with Crippen LogP contribution in [0.5, 0.6) is 0 Å². The average molecular weight is 845 g/mol. The zero-order valence-electron chi connectivity index (χ0n) is 33.3. The van der Waals surface area contributed by atoms with Crippen LogP contribution >= 0.6 is 0 Å². The summed E-state index contributed by atoms with van der Waals surface area (Å²) in [5, 5.41) is 84.9. The molecule has 24 nitrogen and oxygen atoms in total. The van der Waals surface area contributed by atoms with Crippen molar-refractivity contribution in [1.82, 2.24) is 9.80 Å². The Hall–Kier alpha value is -0.960. The fourth-order valence-corrected chi connectivity index (χ4v) is 7.93. The lowest BCUT2D eigenvalue weighted by molar-refractivity contribution is -0.292. The highest BCUT2D eigenvalue weighted by Gasteiger charge is 2.50. The van der Waals surface area contributed by atoms with E-state index in [1.807, 2.05) is 9.80 Å². The van der Waals surface area contributed by atoms with Crippen LogP contribution in [0.2, 0.25) is 0 Å². The van der Waals surface area contributed by atoms with Crippen molar-refractivity contribution < 1.29 is 69.3 Å². The van der Waals surface area contributed by atoms with Gasteiger partial charge in [-0.2, -0.15) is 0 Å². The number of aliphatic hydroxyl groups is 8. The van der Waals surface area contributed by atoms with Gasteiger partial charge in [-0.25, -0.2) is 0 Å². The summed E-state index contributed by atoms with van der Waals surface area (Å²) >= 11 is 0. The van der Waals surface area contributed by atoms with Crippen LogP contribution in [0.15, 0.2) is 0 Å². The number of nitrogens with zero attached hydrogens (tertiary/aromatic N) is 2. The van der Waals surface area contributed by atoms with Crippen LogP contribution in [0, 0.1) is 0 Å². The van der Waals surface area contributed by atoms with Crippen LogP contribution < -0.4 is 45.9 Å². The van der Waals surface area contributed by atoms with Gasteiger partial charge in [-0.3, -0.25) is 0 Å². The number of nitrogens with two attached hydrogens (primary N) is 8. The van der Waals surface area contributed by atoms with Gasteiger partial charge >= 0.3 is 0 Å². The standard InChI is InChI=1S/C34H72N10O14/c1-43(9-13(45)11-53-31-23(47)15(37)5-17(39)29(31)57-33-21(41)27(51)25(49)19(7-35)55-33)3-4-44(2)10-14(46)12-54-32-24(48)16(38)6-18(40)30(32)58-34-22(42)28(52)26(50)20(8-36)56-34/h13-34,45-52H,3-12,35-42H2,1-2H3/t13-,14-,15?,16?,17?,18?,19?,20?,21?,22?,23?,24?,25?,26?,27?,28?,29?,30?,31?,32?,33?,34?/m1/s1. The molecule has 2 aliphatic carbocycles. The summed E-state index contributed by atoms with van der Waals surface area (Å²) in [6, 6.07) is -5.25. The number of hydrogen-bond acceptors (Lipinski definition) is 24. The molecule has 2 aliphatic heterocycles. The molecule has 22 atom stereocenters. The summed E-state index contributed by atoms with van der Waals surface area (Å²) in [5.41, 5.74) is 48.5. The van der Waals surface area contributed by atoms with Crippen molar-refractivity contribution in [3.05, 3.63) is 0 Å². The molecule has 58 heavy (non-hydrogen) atoms. The Morgan fingerprint density at radius 3 is 1.21 bits per heavy atom. The molecule has 0 radical (unpaired) electrons. The lowest BCUT2D eigenvalue weighted by Gasteiger charge is -2.47.